The summed E-state index contributed by atoms with van der Waals surface area (Å²) in [4.78, 5) is 17.6. The fourth-order valence-corrected chi connectivity index (χ4v) is 4.60. The van der Waals surface area contributed by atoms with Crippen LogP contribution in [0.5, 0.6) is 0 Å². The van der Waals surface area contributed by atoms with Crippen molar-refractivity contribution in [2.45, 2.75) is 56.6 Å². The van der Waals surface area contributed by atoms with E-state index >= 15 is 0 Å². The summed E-state index contributed by atoms with van der Waals surface area (Å²) >= 11 is 0. The topological polar surface area (TPSA) is 43.8 Å². The van der Waals surface area contributed by atoms with Crippen LogP contribution in [-0.4, -0.2) is 59.1 Å². The minimum atomic E-state index is -0.249. The first-order valence-electron chi connectivity index (χ1n) is 9.39. The Morgan fingerprint density at radius 3 is 2.50 bits per heavy atom. The monoisotopic (exact) mass is 328 g/mol. The van der Waals surface area contributed by atoms with Crippen LogP contribution in [0.15, 0.2) is 24.3 Å². The van der Waals surface area contributed by atoms with E-state index in [1.165, 1.54) is 11.1 Å². The zero-order valence-corrected chi connectivity index (χ0v) is 14.6. The van der Waals surface area contributed by atoms with E-state index in [9.17, 15) is 9.90 Å². The Kier molecular flexibility index (Phi) is 4.13. The second-order valence-corrected chi connectivity index (χ2v) is 7.85. The lowest BCUT2D eigenvalue weighted by Crippen LogP contribution is -2.55. The molecule has 1 heterocycles. The standard InChI is InChI=1S/C20H28N2O2/c1-15-4-2-5-16(14-15)20(8-9-20)19(24)22-12-10-21(11-13-22)17-6-3-7-18(17)23/h2,4-5,14,17-18,23H,3,6-13H2,1H3. The van der Waals surface area contributed by atoms with Crippen LogP contribution in [0.25, 0.3) is 0 Å². The van der Waals surface area contributed by atoms with Gasteiger partial charge in [0, 0.05) is 32.2 Å². The van der Waals surface area contributed by atoms with Gasteiger partial charge in [-0.2, -0.15) is 0 Å². The predicted octanol–water partition coefficient (Wildman–Crippen LogP) is 2.08. The largest absolute Gasteiger partial charge is 0.391 e. The van der Waals surface area contributed by atoms with Crippen molar-refractivity contribution >= 4 is 5.91 Å². The molecule has 0 aromatic heterocycles. The number of carbonyl (C=O) groups excluding carboxylic acids is 1. The third-order valence-electron chi connectivity index (χ3n) is 6.24. The summed E-state index contributed by atoms with van der Waals surface area (Å²) < 4.78 is 0. The molecule has 2 saturated carbocycles. The normalized spacial score (nSPS) is 29.7. The molecule has 4 rings (SSSR count). The van der Waals surface area contributed by atoms with Crippen LogP contribution in [0.3, 0.4) is 0 Å². The predicted molar refractivity (Wildman–Crippen MR) is 93.9 cm³/mol. The SMILES string of the molecule is Cc1cccc(C2(C(=O)N3CCN(C4CCCC4O)CC3)CC2)c1. The van der Waals surface area contributed by atoms with E-state index in [1.54, 1.807) is 0 Å². The molecule has 130 valence electrons. The summed E-state index contributed by atoms with van der Waals surface area (Å²) in [5.74, 6) is 0.319. The van der Waals surface area contributed by atoms with Gasteiger partial charge in [-0.3, -0.25) is 9.69 Å². The third kappa shape index (κ3) is 2.76. The first-order valence-corrected chi connectivity index (χ1v) is 9.39. The Bertz CT molecular complexity index is 618. The highest BCUT2D eigenvalue weighted by Crippen LogP contribution is 2.50. The molecule has 4 nitrogen and oxygen atoms in total. The van der Waals surface area contributed by atoms with Crippen LogP contribution in [0.1, 0.15) is 43.2 Å². The number of rotatable bonds is 3. The van der Waals surface area contributed by atoms with Crippen molar-refractivity contribution in [3.05, 3.63) is 35.4 Å². The molecule has 1 aliphatic heterocycles. The maximum Gasteiger partial charge on any atom is 0.233 e. The lowest BCUT2D eigenvalue weighted by molar-refractivity contribution is -0.136. The molecule has 1 amide bonds. The van der Waals surface area contributed by atoms with Crippen LogP contribution >= 0.6 is 0 Å². The molecule has 0 radical (unpaired) electrons. The van der Waals surface area contributed by atoms with Crippen molar-refractivity contribution in [3.63, 3.8) is 0 Å². The van der Waals surface area contributed by atoms with Gasteiger partial charge in [0.05, 0.1) is 11.5 Å². The second-order valence-electron chi connectivity index (χ2n) is 7.85. The van der Waals surface area contributed by atoms with Crippen LogP contribution < -0.4 is 0 Å². The van der Waals surface area contributed by atoms with Crippen LogP contribution in [0.4, 0.5) is 0 Å². The van der Waals surface area contributed by atoms with E-state index < -0.39 is 0 Å². The first-order chi connectivity index (χ1) is 11.6. The quantitative estimate of drug-likeness (QED) is 0.924. The van der Waals surface area contributed by atoms with Crippen LogP contribution in [0.2, 0.25) is 0 Å². The van der Waals surface area contributed by atoms with Gasteiger partial charge in [-0.25, -0.2) is 0 Å². The van der Waals surface area contributed by atoms with E-state index in [-0.39, 0.29) is 11.5 Å². The maximum atomic E-state index is 13.1. The molecule has 3 fully saturated rings. The second kappa shape index (κ2) is 6.16. The number of aliphatic hydroxyl groups excluding tert-OH is 1. The van der Waals surface area contributed by atoms with Crippen LogP contribution in [-0.2, 0) is 10.2 Å². The molecule has 1 N–H and O–H groups in total. The number of benzene rings is 1. The Labute approximate surface area is 144 Å². The average molecular weight is 328 g/mol. The van der Waals surface area contributed by atoms with E-state index in [0.29, 0.717) is 11.9 Å². The van der Waals surface area contributed by atoms with Crippen molar-refractivity contribution in [1.82, 2.24) is 9.80 Å². The van der Waals surface area contributed by atoms with Gasteiger partial charge >= 0.3 is 0 Å². The third-order valence-corrected chi connectivity index (χ3v) is 6.24. The number of piperazine rings is 1. The summed E-state index contributed by atoms with van der Waals surface area (Å²) in [7, 11) is 0. The van der Waals surface area contributed by atoms with E-state index in [0.717, 1.165) is 58.3 Å². The lowest BCUT2D eigenvalue weighted by atomic mass is 9.92. The zero-order valence-electron chi connectivity index (χ0n) is 14.6. The van der Waals surface area contributed by atoms with Gasteiger partial charge in [-0.05, 0) is 44.6 Å². The van der Waals surface area contributed by atoms with Crippen molar-refractivity contribution in [2.75, 3.05) is 26.2 Å². The molecule has 1 saturated heterocycles. The Morgan fingerprint density at radius 1 is 1.17 bits per heavy atom. The van der Waals surface area contributed by atoms with Gasteiger partial charge in [-0.1, -0.05) is 29.8 Å². The molecule has 0 spiro atoms. The summed E-state index contributed by atoms with van der Waals surface area (Å²) in [6.07, 6.45) is 4.95. The highest BCUT2D eigenvalue weighted by atomic mass is 16.3. The number of aryl methyl sites for hydroxylation is 1. The van der Waals surface area contributed by atoms with Gasteiger partial charge in [0.2, 0.25) is 5.91 Å². The molecule has 4 heteroatoms. The van der Waals surface area contributed by atoms with E-state index in [4.69, 9.17) is 0 Å². The fourth-order valence-electron chi connectivity index (χ4n) is 4.60. The lowest BCUT2D eigenvalue weighted by Gasteiger charge is -2.40. The molecule has 2 aliphatic carbocycles. The van der Waals surface area contributed by atoms with Crippen molar-refractivity contribution in [2.24, 2.45) is 0 Å². The number of hydrogen-bond donors (Lipinski definition) is 1. The van der Waals surface area contributed by atoms with Crippen molar-refractivity contribution < 1.29 is 9.90 Å². The molecule has 1 aromatic carbocycles. The molecular formula is C20H28N2O2. The van der Waals surface area contributed by atoms with Crippen LogP contribution in [0, 0.1) is 6.92 Å². The Morgan fingerprint density at radius 2 is 1.92 bits per heavy atom. The minimum Gasteiger partial charge on any atom is -0.391 e. The minimum absolute atomic E-state index is 0.172. The molecule has 24 heavy (non-hydrogen) atoms. The van der Waals surface area contributed by atoms with Gasteiger partial charge in [0.15, 0.2) is 0 Å². The van der Waals surface area contributed by atoms with Gasteiger partial charge in [-0.15, -0.1) is 0 Å². The molecule has 2 unspecified atom stereocenters. The highest BCUT2D eigenvalue weighted by Gasteiger charge is 2.53. The van der Waals surface area contributed by atoms with E-state index in [1.807, 2.05) is 0 Å². The number of aliphatic hydroxyl groups is 1. The first kappa shape index (κ1) is 16.1. The highest BCUT2D eigenvalue weighted by molar-refractivity contribution is 5.91. The van der Waals surface area contributed by atoms with E-state index in [2.05, 4.69) is 41.0 Å². The van der Waals surface area contributed by atoms with Gasteiger partial charge in [0.25, 0.3) is 0 Å². The molecular weight excluding hydrogens is 300 g/mol. The van der Waals surface area contributed by atoms with Crippen molar-refractivity contribution in [1.29, 1.82) is 0 Å². The molecule has 3 aliphatic rings. The van der Waals surface area contributed by atoms with Gasteiger partial charge < -0.3 is 10.0 Å². The number of amides is 1. The number of nitrogens with zero attached hydrogens (tertiary/aromatic N) is 2. The summed E-state index contributed by atoms with van der Waals surface area (Å²) in [5.41, 5.74) is 2.17. The number of carbonyl (C=O) groups is 1. The summed E-state index contributed by atoms with van der Waals surface area (Å²) in [5, 5.41) is 10.1. The maximum absolute atomic E-state index is 13.1. The fraction of sp³-hybridized carbons (Fsp3) is 0.650. The van der Waals surface area contributed by atoms with Crippen molar-refractivity contribution in [3.8, 4) is 0 Å². The number of hydrogen-bond acceptors (Lipinski definition) is 3. The summed E-state index contributed by atoms with van der Waals surface area (Å²) in [6, 6.07) is 8.76. The Hall–Kier alpha value is -1.39. The Balaban J connectivity index is 1.41. The molecule has 1 aromatic rings. The average Bonchev–Trinajstić information content (AvgIpc) is 3.30. The smallest absolute Gasteiger partial charge is 0.233 e. The molecule has 0 bridgehead atoms. The molecule has 2 atom stereocenters. The summed E-state index contributed by atoms with van der Waals surface area (Å²) in [6.45, 7) is 5.50. The zero-order chi connectivity index (χ0) is 16.7. The van der Waals surface area contributed by atoms with Gasteiger partial charge in [0.1, 0.15) is 0 Å².